The maximum absolute atomic E-state index is 12.5. The van der Waals surface area contributed by atoms with E-state index in [1.807, 2.05) is 11.9 Å². The van der Waals surface area contributed by atoms with E-state index >= 15 is 0 Å². The third-order valence-corrected chi connectivity index (χ3v) is 11.0. The second-order valence-corrected chi connectivity index (χ2v) is 12.1. The topological polar surface area (TPSA) is 53.0 Å². The van der Waals surface area contributed by atoms with E-state index in [9.17, 15) is 4.79 Å². The zero-order valence-corrected chi connectivity index (χ0v) is 20.7. The molecule has 4 fully saturated rings. The molecule has 0 bridgehead atoms. The van der Waals surface area contributed by atoms with Crippen molar-refractivity contribution in [1.82, 2.24) is 9.80 Å². The van der Waals surface area contributed by atoms with Gasteiger partial charge in [0.1, 0.15) is 0 Å². The molecule has 0 aromatic heterocycles. The molecule has 0 radical (unpaired) electrons. The fraction of sp³-hybridized carbons (Fsp3) is 0.889. The molecule has 4 aliphatic carbocycles. The lowest BCUT2D eigenvalue weighted by Gasteiger charge is -2.58. The molecule has 8 atom stereocenters. The summed E-state index contributed by atoms with van der Waals surface area (Å²) in [6.45, 7) is 6.71. The van der Waals surface area contributed by atoms with Crippen LogP contribution in [-0.2, 0) is 4.74 Å². The maximum Gasteiger partial charge on any atom is 0.409 e. The number of rotatable bonds is 4. The summed E-state index contributed by atoms with van der Waals surface area (Å²) in [5.74, 6) is 3.51. The van der Waals surface area contributed by atoms with E-state index in [1.165, 1.54) is 45.1 Å². The molecule has 5 aliphatic rings. The van der Waals surface area contributed by atoms with Crippen LogP contribution in [0.3, 0.4) is 0 Å². The number of hydrogen-bond acceptors (Lipinski definition) is 4. The smallest absolute Gasteiger partial charge is 0.409 e. The first-order chi connectivity index (χ1) is 15.3. The van der Waals surface area contributed by atoms with Gasteiger partial charge < -0.3 is 19.6 Å². The number of aliphatic hydroxyl groups is 1. The highest BCUT2D eigenvalue weighted by atomic mass is 16.6. The van der Waals surface area contributed by atoms with Crippen LogP contribution in [0.15, 0.2) is 11.6 Å². The number of likely N-dealkylation sites (tertiary alicyclic amines) is 1. The number of hydrogen-bond donors (Lipinski definition) is 1. The van der Waals surface area contributed by atoms with Gasteiger partial charge in [0.25, 0.3) is 0 Å². The van der Waals surface area contributed by atoms with Gasteiger partial charge in [-0.05, 0) is 99.8 Å². The summed E-state index contributed by atoms with van der Waals surface area (Å²) in [6, 6.07) is 0.993. The molecular formula is C27H44N2O3. The maximum atomic E-state index is 12.5. The highest BCUT2D eigenvalue weighted by Crippen LogP contribution is 2.68. The van der Waals surface area contributed by atoms with E-state index in [2.05, 4.69) is 31.9 Å². The molecule has 1 aliphatic heterocycles. The van der Waals surface area contributed by atoms with Crippen molar-refractivity contribution in [2.45, 2.75) is 83.7 Å². The summed E-state index contributed by atoms with van der Waals surface area (Å²) < 4.78 is 5.35. The highest BCUT2D eigenvalue weighted by Gasteiger charge is 2.64. The predicted molar refractivity (Wildman–Crippen MR) is 126 cm³/mol. The van der Waals surface area contributed by atoms with Crippen LogP contribution in [0.1, 0.15) is 71.6 Å². The van der Waals surface area contributed by atoms with Crippen LogP contribution >= 0.6 is 0 Å². The van der Waals surface area contributed by atoms with Gasteiger partial charge in [0.2, 0.25) is 0 Å². The summed E-state index contributed by atoms with van der Waals surface area (Å²) in [5, 5.41) is 8.94. The van der Waals surface area contributed by atoms with Crippen molar-refractivity contribution in [2.24, 2.45) is 34.5 Å². The molecule has 5 nitrogen and oxygen atoms in total. The summed E-state index contributed by atoms with van der Waals surface area (Å²) in [7, 11) is 4.25. The normalized spacial score (nSPS) is 45.3. The molecule has 5 rings (SSSR count). The van der Waals surface area contributed by atoms with Gasteiger partial charge in [-0.1, -0.05) is 18.6 Å². The first-order valence-electron chi connectivity index (χ1n) is 13.2. The SMILES string of the molecule is CC1C2CCC3C4CC=C5CC(N(C)C(=O)OCCCO)CCC5(C)C4CCC32CN1C. The van der Waals surface area contributed by atoms with Crippen molar-refractivity contribution in [2.75, 3.05) is 33.9 Å². The molecule has 1 saturated heterocycles. The Labute approximate surface area is 194 Å². The summed E-state index contributed by atoms with van der Waals surface area (Å²) in [4.78, 5) is 16.9. The molecule has 32 heavy (non-hydrogen) atoms. The molecule has 3 saturated carbocycles. The Balaban J connectivity index is 1.31. The predicted octanol–water partition coefficient (Wildman–Crippen LogP) is 4.70. The highest BCUT2D eigenvalue weighted by molar-refractivity contribution is 5.67. The second-order valence-electron chi connectivity index (χ2n) is 12.1. The minimum Gasteiger partial charge on any atom is -0.449 e. The molecule has 1 spiro atoms. The number of nitrogens with zero attached hydrogens (tertiary/aromatic N) is 2. The summed E-state index contributed by atoms with van der Waals surface area (Å²) >= 11 is 0. The number of aliphatic hydroxyl groups excluding tert-OH is 1. The lowest BCUT2D eigenvalue weighted by molar-refractivity contribution is -0.0435. The molecule has 1 N–H and O–H groups in total. The van der Waals surface area contributed by atoms with E-state index in [1.54, 1.807) is 5.57 Å². The monoisotopic (exact) mass is 444 g/mol. The Morgan fingerprint density at radius 3 is 2.78 bits per heavy atom. The van der Waals surface area contributed by atoms with Crippen molar-refractivity contribution in [3.8, 4) is 0 Å². The largest absolute Gasteiger partial charge is 0.449 e. The minimum atomic E-state index is -0.239. The van der Waals surface area contributed by atoms with E-state index in [0.717, 1.165) is 42.6 Å². The van der Waals surface area contributed by atoms with Gasteiger partial charge in [0, 0.05) is 38.7 Å². The van der Waals surface area contributed by atoms with Gasteiger partial charge in [0.15, 0.2) is 0 Å². The Hall–Kier alpha value is -1.07. The Bertz CT molecular complexity index is 768. The van der Waals surface area contributed by atoms with Gasteiger partial charge in [-0.3, -0.25) is 0 Å². The van der Waals surface area contributed by atoms with Crippen molar-refractivity contribution >= 4 is 6.09 Å². The van der Waals surface area contributed by atoms with Crippen molar-refractivity contribution in [3.05, 3.63) is 11.6 Å². The molecule has 180 valence electrons. The van der Waals surface area contributed by atoms with Gasteiger partial charge >= 0.3 is 6.09 Å². The molecule has 1 heterocycles. The van der Waals surface area contributed by atoms with Crippen molar-refractivity contribution in [3.63, 3.8) is 0 Å². The number of allylic oxidation sites excluding steroid dienone is 1. The van der Waals surface area contributed by atoms with E-state index in [4.69, 9.17) is 9.84 Å². The number of carbonyl (C=O) groups is 1. The quantitative estimate of drug-likeness (QED) is 0.504. The molecule has 5 heteroatoms. The molecular weight excluding hydrogens is 400 g/mol. The first-order valence-corrected chi connectivity index (χ1v) is 13.2. The molecule has 1 amide bonds. The molecule has 8 unspecified atom stereocenters. The van der Waals surface area contributed by atoms with Crippen LogP contribution < -0.4 is 0 Å². The first kappa shape index (κ1) is 22.7. The van der Waals surface area contributed by atoms with Crippen molar-refractivity contribution < 1.29 is 14.6 Å². The number of fused-ring (bicyclic) bond motifs is 4. The lowest BCUT2D eigenvalue weighted by Crippen LogP contribution is -2.53. The number of carbonyl (C=O) groups excluding carboxylic acids is 1. The Kier molecular flexibility index (Phi) is 5.89. The summed E-state index contributed by atoms with van der Waals surface area (Å²) in [6.07, 6.45) is 13.1. The fourth-order valence-electron chi connectivity index (χ4n) is 9.25. The number of ether oxygens (including phenoxy) is 1. The number of amides is 1. The Morgan fingerprint density at radius 2 is 2.00 bits per heavy atom. The van der Waals surface area contributed by atoms with Gasteiger partial charge in [0.05, 0.1) is 6.61 Å². The van der Waals surface area contributed by atoms with Gasteiger partial charge in [-0.15, -0.1) is 0 Å². The van der Waals surface area contributed by atoms with Crippen molar-refractivity contribution in [1.29, 1.82) is 0 Å². The van der Waals surface area contributed by atoms with Gasteiger partial charge in [-0.2, -0.15) is 0 Å². The average molecular weight is 445 g/mol. The molecule has 0 aromatic rings. The third-order valence-electron chi connectivity index (χ3n) is 11.0. The Morgan fingerprint density at radius 1 is 1.22 bits per heavy atom. The van der Waals surface area contributed by atoms with E-state index in [0.29, 0.717) is 23.9 Å². The fourth-order valence-corrected chi connectivity index (χ4v) is 9.25. The summed E-state index contributed by atoms with van der Waals surface area (Å²) in [5.41, 5.74) is 2.52. The van der Waals surface area contributed by atoms with E-state index in [-0.39, 0.29) is 18.7 Å². The zero-order chi connectivity index (χ0) is 22.7. The van der Waals surface area contributed by atoms with Crippen LogP contribution in [-0.4, -0.2) is 66.9 Å². The zero-order valence-electron chi connectivity index (χ0n) is 20.7. The lowest BCUT2D eigenvalue weighted by atomic mass is 9.47. The standard InChI is InChI=1S/C27H44N2O3/c1-18-22-8-9-24-21-7-6-19-16-20(29(4)25(31)32-15-5-14-30)10-12-26(19,2)23(21)11-13-27(22,24)17-28(18)3/h6,18,20-24,30H,5,7-17H2,1-4H3. The van der Waals surface area contributed by atoms with Crippen LogP contribution in [0.5, 0.6) is 0 Å². The molecule has 0 aromatic carbocycles. The third kappa shape index (κ3) is 3.28. The van der Waals surface area contributed by atoms with Gasteiger partial charge in [-0.25, -0.2) is 4.79 Å². The van der Waals surface area contributed by atoms with E-state index < -0.39 is 0 Å². The second kappa shape index (κ2) is 8.30. The average Bonchev–Trinajstić information content (AvgIpc) is 3.26. The minimum absolute atomic E-state index is 0.0619. The van der Waals surface area contributed by atoms with Crippen LogP contribution in [0, 0.1) is 34.5 Å². The van der Waals surface area contributed by atoms with Crippen LogP contribution in [0.25, 0.3) is 0 Å². The van der Waals surface area contributed by atoms with Crippen LogP contribution in [0.4, 0.5) is 4.79 Å². The van der Waals surface area contributed by atoms with Crippen LogP contribution in [0.2, 0.25) is 0 Å².